The summed E-state index contributed by atoms with van der Waals surface area (Å²) in [4.78, 5) is 4.32. The molecule has 3 rings (SSSR count). The Morgan fingerprint density at radius 1 is 1.25 bits per heavy atom. The molecule has 0 amide bonds. The van der Waals surface area contributed by atoms with E-state index in [-0.39, 0.29) is 29.8 Å². The van der Waals surface area contributed by atoms with E-state index < -0.39 is 12.2 Å². The molecule has 0 unspecified atom stereocenters. The van der Waals surface area contributed by atoms with E-state index in [1.807, 2.05) is 0 Å². The second-order valence-electron chi connectivity index (χ2n) is 5.53. The highest BCUT2D eigenvalue weighted by Crippen LogP contribution is 2.37. The summed E-state index contributed by atoms with van der Waals surface area (Å²) in [5, 5.41) is 3.95. The summed E-state index contributed by atoms with van der Waals surface area (Å²) < 4.78 is 39.7. The lowest BCUT2D eigenvalue weighted by Crippen LogP contribution is -2.34. The first-order chi connectivity index (χ1) is 11.0. The van der Waals surface area contributed by atoms with Crippen molar-refractivity contribution in [3.63, 3.8) is 0 Å². The van der Waals surface area contributed by atoms with Gasteiger partial charge in [0, 0.05) is 5.56 Å². The minimum absolute atomic E-state index is 0. The van der Waals surface area contributed by atoms with E-state index in [0.717, 1.165) is 25.7 Å². The Labute approximate surface area is 143 Å². The Bertz CT molecular complexity index is 690. The van der Waals surface area contributed by atoms with Crippen molar-refractivity contribution in [1.29, 1.82) is 0 Å². The van der Waals surface area contributed by atoms with Crippen LogP contribution in [-0.2, 0) is 5.54 Å². The molecule has 9 heteroatoms. The third-order valence-electron chi connectivity index (χ3n) is 3.99. The van der Waals surface area contributed by atoms with Gasteiger partial charge in [-0.3, -0.25) is 0 Å². The molecule has 2 N–H and O–H groups in total. The molecule has 0 radical (unpaired) electrons. The summed E-state index contributed by atoms with van der Waals surface area (Å²) in [5.74, 6) is 0.749. The van der Waals surface area contributed by atoms with Crippen LogP contribution in [0.2, 0.25) is 0 Å². The fraction of sp³-hybridized carbons (Fsp3) is 0.467. The van der Waals surface area contributed by atoms with Gasteiger partial charge < -0.3 is 19.7 Å². The fourth-order valence-corrected chi connectivity index (χ4v) is 2.77. The van der Waals surface area contributed by atoms with Gasteiger partial charge >= 0.3 is 6.61 Å². The van der Waals surface area contributed by atoms with Crippen LogP contribution in [0.5, 0.6) is 11.5 Å². The van der Waals surface area contributed by atoms with Crippen LogP contribution in [0.3, 0.4) is 0 Å². The third-order valence-corrected chi connectivity index (χ3v) is 3.99. The van der Waals surface area contributed by atoms with Crippen LogP contribution in [0, 0.1) is 0 Å². The summed E-state index contributed by atoms with van der Waals surface area (Å²) in [6.07, 6.45) is 3.65. The van der Waals surface area contributed by atoms with E-state index in [1.54, 1.807) is 6.07 Å². The first-order valence-electron chi connectivity index (χ1n) is 7.28. The molecule has 1 fully saturated rings. The lowest BCUT2D eigenvalue weighted by atomic mass is 9.99. The molecule has 132 valence electrons. The molecular weight excluding hydrogens is 344 g/mol. The van der Waals surface area contributed by atoms with Gasteiger partial charge in [-0.15, -0.1) is 12.4 Å². The number of alkyl halides is 2. The SMILES string of the molecule is COc1ccc(-c2nc(C3(N)CCCC3)no2)cc1OC(F)F.Cl. The lowest BCUT2D eigenvalue weighted by molar-refractivity contribution is -0.0511. The average molecular weight is 362 g/mol. The van der Waals surface area contributed by atoms with Gasteiger partial charge in [-0.1, -0.05) is 18.0 Å². The number of rotatable bonds is 5. The quantitative estimate of drug-likeness (QED) is 0.877. The summed E-state index contributed by atoms with van der Waals surface area (Å²) in [6.45, 7) is -2.96. The van der Waals surface area contributed by atoms with Crippen LogP contribution < -0.4 is 15.2 Å². The molecule has 0 atom stereocenters. The van der Waals surface area contributed by atoms with Crippen LogP contribution in [0.15, 0.2) is 22.7 Å². The van der Waals surface area contributed by atoms with Gasteiger partial charge in [-0.05, 0) is 31.0 Å². The molecule has 6 nitrogen and oxygen atoms in total. The summed E-state index contributed by atoms with van der Waals surface area (Å²) >= 11 is 0. The molecule has 1 aromatic carbocycles. The highest BCUT2D eigenvalue weighted by Gasteiger charge is 2.36. The van der Waals surface area contributed by atoms with Crippen molar-refractivity contribution in [3.05, 3.63) is 24.0 Å². The normalized spacial score (nSPS) is 16.0. The highest BCUT2D eigenvalue weighted by atomic mass is 35.5. The smallest absolute Gasteiger partial charge is 0.387 e. The van der Waals surface area contributed by atoms with Crippen molar-refractivity contribution in [2.45, 2.75) is 37.8 Å². The van der Waals surface area contributed by atoms with E-state index in [4.69, 9.17) is 15.0 Å². The molecule has 1 aromatic heterocycles. The Morgan fingerprint density at radius 3 is 2.58 bits per heavy atom. The number of aromatic nitrogens is 2. The van der Waals surface area contributed by atoms with Crippen molar-refractivity contribution < 1.29 is 22.8 Å². The van der Waals surface area contributed by atoms with Gasteiger partial charge in [0.05, 0.1) is 12.6 Å². The Morgan fingerprint density at radius 2 is 1.96 bits per heavy atom. The van der Waals surface area contributed by atoms with Gasteiger partial charge in [0.2, 0.25) is 0 Å². The van der Waals surface area contributed by atoms with Crippen molar-refractivity contribution >= 4 is 12.4 Å². The average Bonchev–Trinajstić information content (AvgIpc) is 3.16. The van der Waals surface area contributed by atoms with Crippen LogP contribution in [0.1, 0.15) is 31.5 Å². The number of nitrogens with zero attached hydrogens (tertiary/aromatic N) is 2. The predicted molar refractivity (Wildman–Crippen MR) is 84.5 cm³/mol. The third kappa shape index (κ3) is 3.59. The summed E-state index contributed by atoms with van der Waals surface area (Å²) in [7, 11) is 1.37. The minimum atomic E-state index is -2.96. The molecule has 0 bridgehead atoms. The maximum Gasteiger partial charge on any atom is 0.387 e. The number of benzene rings is 1. The van der Waals surface area contributed by atoms with Crippen LogP contribution >= 0.6 is 12.4 Å². The zero-order valence-corrected chi connectivity index (χ0v) is 13.8. The van der Waals surface area contributed by atoms with Crippen LogP contribution in [-0.4, -0.2) is 23.9 Å². The van der Waals surface area contributed by atoms with Crippen LogP contribution in [0.4, 0.5) is 8.78 Å². The number of methoxy groups -OCH3 is 1. The first-order valence-corrected chi connectivity index (χ1v) is 7.28. The maximum absolute atomic E-state index is 12.5. The largest absolute Gasteiger partial charge is 0.493 e. The minimum Gasteiger partial charge on any atom is -0.493 e. The zero-order chi connectivity index (χ0) is 16.4. The van der Waals surface area contributed by atoms with Crippen LogP contribution in [0.25, 0.3) is 11.5 Å². The monoisotopic (exact) mass is 361 g/mol. The van der Waals surface area contributed by atoms with Gasteiger partial charge in [-0.25, -0.2) is 0 Å². The Balaban J connectivity index is 0.00000208. The molecule has 0 aliphatic heterocycles. The lowest BCUT2D eigenvalue weighted by Gasteiger charge is -2.17. The summed E-state index contributed by atoms with van der Waals surface area (Å²) in [5.41, 5.74) is 6.17. The second kappa shape index (κ2) is 7.31. The fourth-order valence-electron chi connectivity index (χ4n) is 2.77. The van der Waals surface area contributed by atoms with E-state index in [0.29, 0.717) is 11.4 Å². The molecule has 24 heavy (non-hydrogen) atoms. The van der Waals surface area contributed by atoms with E-state index in [2.05, 4.69) is 14.9 Å². The molecule has 0 saturated heterocycles. The van der Waals surface area contributed by atoms with E-state index in [9.17, 15) is 8.78 Å². The molecule has 1 saturated carbocycles. The molecular formula is C15H18ClF2N3O3. The van der Waals surface area contributed by atoms with Gasteiger partial charge in [-0.2, -0.15) is 13.8 Å². The number of hydrogen-bond donors (Lipinski definition) is 1. The topological polar surface area (TPSA) is 83.4 Å². The molecule has 0 spiro atoms. The van der Waals surface area contributed by atoms with Crippen molar-refractivity contribution in [2.24, 2.45) is 5.73 Å². The highest BCUT2D eigenvalue weighted by molar-refractivity contribution is 5.85. The molecule has 1 aliphatic rings. The molecule has 2 aromatic rings. The van der Waals surface area contributed by atoms with E-state index in [1.165, 1.54) is 19.2 Å². The van der Waals surface area contributed by atoms with Gasteiger partial charge in [0.15, 0.2) is 17.3 Å². The van der Waals surface area contributed by atoms with Gasteiger partial charge in [0.1, 0.15) is 0 Å². The predicted octanol–water partition coefficient (Wildman–Crippen LogP) is 3.50. The first kappa shape index (κ1) is 18.4. The van der Waals surface area contributed by atoms with Crippen molar-refractivity contribution in [1.82, 2.24) is 10.1 Å². The molecule has 1 heterocycles. The Kier molecular flexibility index (Phi) is 5.61. The number of nitrogens with two attached hydrogens (primary N) is 1. The number of ether oxygens (including phenoxy) is 2. The van der Waals surface area contributed by atoms with Crippen molar-refractivity contribution in [2.75, 3.05) is 7.11 Å². The van der Waals surface area contributed by atoms with Gasteiger partial charge in [0.25, 0.3) is 5.89 Å². The van der Waals surface area contributed by atoms with E-state index >= 15 is 0 Å². The number of halogens is 3. The maximum atomic E-state index is 12.5. The zero-order valence-electron chi connectivity index (χ0n) is 13.0. The van der Waals surface area contributed by atoms with Crippen molar-refractivity contribution in [3.8, 4) is 23.0 Å². The summed E-state index contributed by atoms with van der Waals surface area (Å²) in [6, 6.07) is 4.51. The standard InChI is InChI=1S/C15H17F2N3O3.ClH/c1-21-10-5-4-9(8-11(10)22-14(16)17)12-19-13(20-23-12)15(18)6-2-3-7-15;/h4-5,8,14H,2-3,6-7,18H2,1H3;1H. The second-order valence-corrected chi connectivity index (χ2v) is 5.53. The number of hydrogen-bond acceptors (Lipinski definition) is 6. The molecule has 1 aliphatic carbocycles. The Hall–Kier alpha value is -1.93.